The number of hydrogen-bond donors (Lipinski definition) is 1. The third-order valence-electron chi connectivity index (χ3n) is 3.17. The molecule has 1 fully saturated rings. The predicted octanol–water partition coefficient (Wildman–Crippen LogP) is 1.02. The second-order valence-corrected chi connectivity index (χ2v) is 4.82. The molecule has 0 radical (unpaired) electrons. The van der Waals surface area contributed by atoms with E-state index in [-0.39, 0.29) is 18.4 Å². The molecular formula is C14H19N3O2. The Morgan fingerprint density at radius 2 is 2.26 bits per heavy atom. The fraction of sp³-hybridized carbons (Fsp3) is 0.500. The largest absolute Gasteiger partial charge is 0.349 e. The van der Waals surface area contributed by atoms with Crippen LogP contribution in [0.2, 0.25) is 0 Å². The Hall–Kier alpha value is -1.91. The molecule has 0 aliphatic carbocycles. The van der Waals surface area contributed by atoms with E-state index in [0.717, 1.165) is 24.2 Å². The standard InChI is InChI=1S/C14H19N3O2/c1-11-5-4-6-12(16-11)9-15-13(18)10-17-8-3-2-7-14(17)19/h4-6H,2-3,7-10H2,1H3,(H,15,18). The number of piperidine rings is 1. The SMILES string of the molecule is Cc1cccc(CNC(=O)CN2CCCCC2=O)n1. The van der Waals surface area contributed by atoms with E-state index < -0.39 is 0 Å². The molecule has 0 unspecified atom stereocenters. The number of rotatable bonds is 4. The van der Waals surface area contributed by atoms with Gasteiger partial charge in [0.15, 0.2) is 0 Å². The van der Waals surface area contributed by atoms with Crippen LogP contribution in [0.3, 0.4) is 0 Å². The molecule has 5 nitrogen and oxygen atoms in total. The predicted molar refractivity (Wildman–Crippen MR) is 71.3 cm³/mol. The van der Waals surface area contributed by atoms with Crippen LogP contribution in [-0.2, 0) is 16.1 Å². The van der Waals surface area contributed by atoms with Gasteiger partial charge in [0.1, 0.15) is 0 Å². The van der Waals surface area contributed by atoms with Gasteiger partial charge < -0.3 is 10.2 Å². The highest BCUT2D eigenvalue weighted by atomic mass is 16.2. The Morgan fingerprint density at radius 3 is 3.00 bits per heavy atom. The first-order valence-corrected chi connectivity index (χ1v) is 6.62. The summed E-state index contributed by atoms with van der Waals surface area (Å²) in [5, 5.41) is 2.80. The quantitative estimate of drug-likeness (QED) is 0.880. The van der Waals surface area contributed by atoms with Gasteiger partial charge in [0, 0.05) is 18.7 Å². The van der Waals surface area contributed by atoms with Crippen LogP contribution in [0, 0.1) is 6.92 Å². The second kappa shape index (κ2) is 6.31. The fourth-order valence-electron chi connectivity index (χ4n) is 2.15. The summed E-state index contributed by atoms with van der Waals surface area (Å²) in [5.74, 6) is -0.0476. The molecule has 2 heterocycles. The van der Waals surface area contributed by atoms with Crippen molar-refractivity contribution in [2.24, 2.45) is 0 Å². The molecule has 5 heteroatoms. The summed E-state index contributed by atoms with van der Waals surface area (Å²) in [6, 6.07) is 5.70. The maximum absolute atomic E-state index is 11.8. The summed E-state index contributed by atoms with van der Waals surface area (Å²) in [5.41, 5.74) is 1.76. The van der Waals surface area contributed by atoms with Gasteiger partial charge in [0.25, 0.3) is 0 Å². The fourth-order valence-corrected chi connectivity index (χ4v) is 2.15. The number of hydrogen-bond acceptors (Lipinski definition) is 3. The molecule has 1 aliphatic heterocycles. The molecule has 2 rings (SSSR count). The Bertz CT molecular complexity index is 474. The molecule has 1 aromatic heterocycles. The Morgan fingerprint density at radius 1 is 1.42 bits per heavy atom. The molecule has 102 valence electrons. The normalized spacial score (nSPS) is 15.4. The van der Waals surface area contributed by atoms with E-state index in [1.54, 1.807) is 4.90 Å². The number of nitrogens with zero attached hydrogens (tertiary/aromatic N) is 2. The zero-order valence-corrected chi connectivity index (χ0v) is 11.2. The van der Waals surface area contributed by atoms with Crippen LogP contribution < -0.4 is 5.32 Å². The van der Waals surface area contributed by atoms with Crippen LogP contribution in [0.25, 0.3) is 0 Å². The van der Waals surface area contributed by atoms with Crippen molar-refractivity contribution in [3.63, 3.8) is 0 Å². The Labute approximate surface area is 113 Å². The van der Waals surface area contributed by atoms with Gasteiger partial charge in [0.05, 0.1) is 18.8 Å². The topological polar surface area (TPSA) is 62.3 Å². The summed E-state index contributed by atoms with van der Waals surface area (Å²) in [6.45, 7) is 3.17. The smallest absolute Gasteiger partial charge is 0.239 e. The summed E-state index contributed by atoms with van der Waals surface area (Å²) in [6.07, 6.45) is 2.48. The molecule has 1 aromatic rings. The van der Waals surface area contributed by atoms with Crippen LogP contribution >= 0.6 is 0 Å². The number of nitrogens with one attached hydrogen (secondary N) is 1. The van der Waals surface area contributed by atoms with E-state index in [1.165, 1.54) is 0 Å². The van der Waals surface area contributed by atoms with Gasteiger partial charge in [-0.1, -0.05) is 6.07 Å². The van der Waals surface area contributed by atoms with Crippen molar-refractivity contribution in [3.05, 3.63) is 29.6 Å². The number of amides is 2. The van der Waals surface area contributed by atoms with E-state index >= 15 is 0 Å². The Balaban J connectivity index is 1.79. The maximum atomic E-state index is 11.8. The van der Waals surface area contributed by atoms with Crippen LogP contribution in [0.4, 0.5) is 0 Å². The van der Waals surface area contributed by atoms with E-state index in [4.69, 9.17) is 0 Å². The zero-order chi connectivity index (χ0) is 13.7. The molecule has 0 aromatic carbocycles. The van der Waals surface area contributed by atoms with Crippen LogP contribution in [0.15, 0.2) is 18.2 Å². The van der Waals surface area contributed by atoms with Crippen LogP contribution in [0.5, 0.6) is 0 Å². The molecule has 2 amide bonds. The molecule has 0 atom stereocenters. The molecule has 1 saturated heterocycles. The molecule has 1 aliphatic rings. The van der Waals surface area contributed by atoms with Crippen molar-refractivity contribution in [1.82, 2.24) is 15.2 Å². The third-order valence-corrected chi connectivity index (χ3v) is 3.17. The lowest BCUT2D eigenvalue weighted by Gasteiger charge is -2.25. The number of carbonyl (C=O) groups is 2. The highest BCUT2D eigenvalue weighted by Gasteiger charge is 2.20. The van der Waals surface area contributed by atoms with Gasteiger partial charge in [0.2, 0.25) is 11.8 Å². The minimum Gasteiger partial charge on any atom is -0.349 e. The van der Waals surface area contributed by atoms with Gasteiger partial charge >= 0.3 is 0 Å². The summed E-state index contributed by atoms with van der Waals surface area (Å²) in [4.78, 5) is 29.3. The lowest BCUT2D eigenvalue weighted by atomic mass is 10.1. The van der Waals surface area contributed by atoms with E-state index in [9.17, 15) is 9.59 Å². The average molecular weight is 261 g/mol. The molecule has 1 N–H and O–H groups in total. The van der Waals surface area contributed by atoms with Crippen molar-refractivity contribution in [2.75, 3.05) is 13.1 Å². The number of aromatic nitrogens is 1. The van der Waals surface area contributed by atoms with Gasteiger partial charge in [-0.15, -0.1) is 0 Å². The zero-order valence-electron chi connectivity index (χ0n) is 11.2. The molecular weight excluding hydrogens is 242 g/mol. The summed E-state index contributed by atoms with van der Waals surface area (Å²) >= 11 is 0. The number of likely N-dealkylation sites (tertiary alicyclic amines) is 1. The van der Waals surface area contributed by atoms with Crippen molar-refractivity contribution >= 4 is 11.8 Å². The first-order chi connectivity index (χ1) is 9.15. The number of pyridine rings is 1. The van der Waals surface area contributed by atoms with Gasteiger partial charge in [-0.25, -0.2) is 0 Å². The van der Waals surface area contributed by atoms with Crippen molar-refractivity contribution in [3.8, 4) is 0 Å². The summed E-state index contributed by atoms with van der Waals surface area (Å²) in [7, 11) is 0. The Kier molecular flexibility index (Phi) is 4.49. The van der Waals surface area contributed by atoms with Gasteiger partial charge in [-0.2, -0.15) is 0 Å². The monoisotopic (exact) mass is 261 g/mol. The van der Waals surface area contributed by atoms with Gasteiger partial charge in [-0.05, 0) is 31.9 Å². The second-order valence-electron chi connectivity index (χ2n) is 4.82. The van der Waals surface area contributed by atoms with Gasteiger partial charge in [-0.3, -0.25) is 14.6 Å². The van der Waals surface area contributed by atoms with Crippen molar-refractivity contribution < 1.29 is 9.59 Å². The van der Waals surface area contributed by atoms with Crippen LogP contribution in [0.1, 0.15) is 30.7 Å². The summed E-state index contributed by atoms with van der Waals surface area (Å²) < 4.78 is 0. The van der Waals surface area contributed by atoms with Crippen molar-refractivity contribution in [2.45, 2.75) is 32.7 Å². The highest BCUT2D eigenvalue weighted by Crippen LogP contribution is 2.09. The number of carbonyl (C=O) groups excluding carboxylic acids is 2. The third kappa shape index (κ3) is 4.05. The van der Waals surface area contributed by atoms with E-state index in [2.05, 4.69) is 10.3 Å². The highest BCUT2D eigenvalue weighted by molar-refractivity contribution is 5.85. The molecule has 19 heavy (non-hydrogen) atoms. The van der Waals surface area contributed by atoms with E-state index in [0.29, 0.717) is 19.5 Å². The van der Waals surface area contributed by atoms with Crippen molar-refractivity contribution in [1.29, 1.82) is 0 Å². The molecule has 0 bridgehead atoms. The molecule has 0 spiro atoms. The number of aryl methyl sites for hydroxylation is 1. The van der Waals surface area contributed by atoms with Crippen LogP contribution in [-0.4, -0.2) is 34.8 Å². The minimum absolute atomic E-state index is 0.0788. The average Bonchev–Trinajstić information content (AvgIpc) is 2.39. The first-order valence-electron chi connectivity index (χ1n) is 6.62. The minimum atomic E-state index is -0.126. The maximum Gasteiger partial charge on any atom is 0.239 e. The lowest BCUT2D eigenvalue weighted by Crippen LogP contribution is -2.42. The lowest BCUT2D eigenvalue weighted by molar-refractivity contribution is -0.137. The first kappa shape index (κ1) is 13.5. The van der Waals surface area contributed by atoms with E-state index in [1.807, 2.05) is 25.1 Å². The molecule has 0 saturated carbocycles.